The van der Waals surface area contributed by atoms with Crippen LogP contribution < -0.4 is 0 Å². The van der Waals surface area contributed by atoms with Gasteiger partial charge in [-0.15, -0.1) is 11.3 Å². The number of carboxylic acids is 1. The standard InChI is InChI=1S/C13H12N2O2S/c16-13(17)9-1-2-10-5-15(6-11(10)3-9)7-12-4-14-8-18-12/h1-4,8H,5-7H2,(H,16,17). The lowest BCUT2D eigenvalue weighted by Crippen LogP contribution is -2.14. The minimum atomic E-state index is -0.862. The average molecular weight is 260 g/mol. The third-order valence-corrected chi connectivity index (χ3v) is 3.87. The molecule has 1 aromatic carbocycles. The molecule has 18 heavy (non-hydrogen) atoms. The maximum absolute atomic E-state index is 10.9. The number of hydrogen-bond acceptors (Lipinski definition) is 4. The molecule has 0 fully saturated rings. The van der Waals surface area contributed by atoms with Gasteiger partial charge in [0, 0.05) is 30.7 Å². The molecule has 0 spiro atoms. The first-order chi connectivity index (χ1) is 8.72. The molecule has 5 heteroatoms. The van der Waals surface area contributed by atoms with Gasteiger partial charge in [0.1, 0.15) is 0 Å². The van der Waals surface area contributed by atoms with Crippen LogP contribution in [0.1, 0.15) is 26.4 Å². The Morgan fingerprint density at radius 3 is 2.94 bits per heavy atom. The summed E-state index contributed by atoms with van der Waals surface area (Å²) in [7, 11) is 0. The topological polar surface area (TPSA) is 53.4 Å². The van der Waals surface area contributed by atoms with Crippen molar-refractivity contribution in [1.82, 2.24) is 9.88 Å². The number of aromatic nitrogens is 1. The van der Waals surface area contributed by atoms with E-state index in [1.54, 1.807) is 23.5 Å². The average Bonchev–Trinajstić information content (AvgIpc) is 2.96. The van der Waals surface area contributed by atoms with E-state index >= 15 is 0 Å². The van der Waals surface area contributed by atoms with E-state index in [1.807, 2.05) is 17.8 Å². The highest BCUT2D eigenvalue weighted by Gasteiger charge is 2.20. The summed E-state index contributed by atoms with van der Waals surface area (Å²) in [5.41, 5.74) is 4.55. The Morgan fingerprint density at radius 1 is 1.39 bits per heavy atom. The highest BCUT2D eigenvalue weighted by molar-refractivity contribution is 7.09. The number of aromatic carboxylic acids is 1. The van der Waals surface area contributed by atoms with E-state index in [-0.39, 0.29) is 0 Å². The van der Waals surface area contributed by atoms with Crippen LogP contribution in [0.4, 0.5) is 0 Å². The van der Waals surface area contributed by atoms with E-state index in [0.29, 0.717) is 5.56 Å². The molecule has 3 rings (SSSR count). The summed E-state index contributed by atoms with van der Waals surface area (Å²) in [5.74, 6) is -0.862. The van der Waals surface area contributed by atoms with Crippen LogP contribution in [0.25, 0.3) is 0 Å². The van der Waals surface area contributed by atoms with Crippen molar-refractivity contribution in [3.05, 3.63) is 51.5 Å². The van der Waals surface area contributed by atoms with Crippen LogP contribution in [0.5, 0.6) is 0 Å². The Balaban J connectivity index is 1.77. The molecule has 0 unspecified atom stereocenters. The quantitative estimate of drug-likeness (QED) is 0.920. The van der Waals surface area contributed by atoms with Crippen LogP contribution >= 0.6 is 11.3 Å². The summed E-state index contributed by atoms with van der Waals surface area (Å²) in [6.07, 6.45) is 1.89. The Hall–Kier alpha value is -1.72. The zero-order chi connectivity index (χ0) is 12.5. The maximum atomic E-state index is 10.9. The van der Waals surface area contributed by atoms with Crippen molar-refractivity contribution in [3.8, 4) is 0 Å². The Bertz CT molecular complexity index is 581. The van der Waals surface area contributed by atoms with Gasteiger partial charge in [0.25, 0.3) is 0 Å². The number of carboxylic acid groups (broad SMARTS) is 1. The van der Waals surface area contributed by atoms with Gasteiger partial charge in [-0.2, -0.15) is 0 Å². The van der Waals surface area contributed by atoms with Crippen molar-refractivity contribution in [2.24, 2.45) is 0 Å². The zero-order valence-corrected chi connectivity index (χ0v) is 10.5. The van der Waals surface area contributed by atoms with Crippen molar-refractivity contribution in [2.45, 2.75) is 19.6 Å². The van der Waals surface area contributed by atoms with E-state index in [1.165, 1.54) is 10.4 Å². The fraction of sp³-hybridized carbons (Fsp3) is 0.231. The summed E-state index contributed by atoms with van der Waals surface area (Å²) >= 11 is 1.65. The first-order valence-electron chi connectivity index (χ1n) is 5.67. The van der Waals surface area contributed by atoms with Crippen LogP contribution in [-0.2, 0) is 19.6 Å². The summed E-state index contributed by atoms with van der Waals surface area (Å²) in [5, 5.41) is 8.97. The summed E-state index contributed by atoms with van der Waals surface area (Å²) in [6.45, 7) is 2.57. The second kappa shape index (κ2) is 4.51. The fourth-order valence-electron chi connectivity index (χ4n) is 2.25. The number of hydrogen-bond donors (Lipinski definition) is 1. The maximum Gasteiger partial charge on any atom is 0.335 e. The van der Waals surface area contributed by atoms with Crippen LogP contribution in [0.2, 0.25) is 0 Å². The first kappa shape index (κ1) is 11.4. The molecular formula is C13H12N2O2S. The van der Waals surface area contributed by atoms with E-state index in [4.69, 9.17) is 5.11 Å². The van der Waals surface area contributed by atoms with Crippen molar-refractivity contribution >= 4 is 17.3 Å². The van der Waals surface area contributed by atoms with Crippen LogP contribution in [0.3, 0.4) is 0 Å². The number of fused-ring (bicyclic) bond motifs is 1. The lowest BCUT2D eigenvalue weighted by Gasteiger charge is -2.12. The van der Waals surface area contributed by atoms with Crippen molar-refractivity contribution in [3.63, 3.8) is 0 Å². The van der Waals surface area contributed by atoms with Gasteiger partial charge in [-0.3, -0.25) is 9.88 Å². The van der Waals surface area contributed by atoms with Gasteiger partial charge < -0.3 is 5.11 Å². The summed E-state index contributed by atoms with van der Waals surface area (Å²) < 4.78 is 0. The largest absolute Gasteiger partial charge is 0.478 e. The second-order valence-electron chi connectivity index (χ2n) is 4.40. The molecule has 1 aromatic heterocycles. The van der Waals surface area contributed by atoms with E-state index < -0.39 is 5.97 Å². The monoisotopic (exact) mass is 260 g/mol. The molecule has 0 radical (unpaired) electrons. The minimum absolute atomic E-state index is 0.369. The number of nitrogens with zero attached hydrogens (tertiary/aromatic N) is 2. The highest BCUT2D eigenvalue weighted by atomic mass is 32.1. The van der Waals surface area contributed by atoms with E-state index in [2.05, 4.69) is 9.88 Å². The highest BCUT2D eigenvalue weighted by Crippen LogP contribution is 2.26. The van der Waals surface area contributed by atoms with Gasteiger partial charge in [0.05, 0.1) is 11.1 Å². The normalized spacial score (nSPS) is 14.7. The first-order valence-corrected chi connectivity index (χ1v) is 6.55. The molecule has 0 aliphatic carbocycles. The van der Waals surface area contributed by atoms with Gasteiger partial charge in [-0.1, -0.05) is 6.07 Å². The molecule has 0 atom stereocenters. The predicted octanol–water partition coefficient (Wildman–Crippen LogP) is 2.36. The molecular weight excluding hydrogens is 248 g/mol. The number of carbonyl (C=O) groups is 1. The van der Waals surface area contributed by atoms with Crippen LogP contribution in [-0.4, -0.2) is 21.0 Å². The van der Waals surface area contributed by atoms with E-state index in [9.17, 15) is 4.79 Å². The molecule has 0 amide bonds. The molecule has 2 heterocycles. The van der Waals surface area contributed by atoms with Gasteiger partial charge >= 0.3 is 5.97 Å². The third-order valence-electron chi connectivity index (χ3n) is 3.10. The Morgan fingerprint density at radius 2 is 2.22 bits per heavy atom. The molecule has 0 saturated heterocycles. The zero-order valence-electron chi connectivity index (χ0n) is 9.67. The van der Waals surface area contributed by atoms with E-state index in [0.717, 1.165) is 25.2 Å². The molecule has 4 nitrogen and oxygen atoms in total. The lowest BCUT2D eigenvalue weighted by molar-refractivity contribution is 0.0696. The van der Waals surface area contributed by atoms with Crippen molar-refractivity contribution < 1.29 is 9.90 Å². The summed E-state index contributed by atoms with van der Waals surface area (Å²) in [6, 6.07) is 5.38. The molecule has 1 aliphatic heterocycles. The van der Waals surface area contributed by atoms with Gasteiger partial charge in [0.2, 0.25) is 0 Å². The van der Waals surface area contributed by atoms with Crippen molar-refractivity contribution in [2.75, 3.05) is 0 Å². The predicted molar refractivity (Wildman–Crippen MR) is 68.5 cm³/mol. The van der Waals surface area contributed by atoms with Crippen LogP contribution in [0.15, 0.2) is 29.9 Å². The Kier molecular flexibility index (Phi) is 2.85. The fourth-order valence-corrected chi connectivity index (χ4v) is 2.89. The molecule has 2 aromatic rings. The number of benzene rings is 1. The molecule has 1 aliphatic rings. The van der Waals surface area contributed by atoms with Gasteiger partial charge in [-0.05, 0) is 23.3 Å². The Labute approximate surface area is 109 Å². The van der Waals surface area contributed by atoms with Crippen LogP contribution in [0, 0.1) is 0 Å². The second-order valence-corrected chi connectivity index (χ2v) is 5.37. The van der Waals surface area contributed by atoms with Gasteiger partial charge in [-0.25, -0.2) is 4.79 Å². The smallest absolute Gasteiger partial charge is 0.335 e. The molecule has 1 N–H and O–H groups in total. The summed E-state index contributed by atoms with van der Waals surface area (Å²) in [4.78, 5) is 18.5. The SMILES string of the molecule is O=C(O)c1ccc2c(c1)CN(Cc1cncs1)C2. The third kappa shape index (κ3) is 2.14. The minimum Gasteiger partial charge on any atom is -0.478 e. The van der Waals surface area contributed by atoms with Crippen molar-refractivity contribution in [1.29, 1.82) is 0 Å². The molecule has 0 bridgehead atoms. The lowest BCUT2D eigenvalue weighted by atomic mass is 10.1. The molecule has 0 saturated carbocycles. The van der Waals surface area contributed by atoms with Gasteiger partial charge in [0.15, 0.2) is 0 Å². The molecule has 92 valence electrons. The number of thiazole rings is 1. The number of rotatable bonds is 3.